The van der Waals surface area contributed by atoms with E-state index in [9.17, 15) is 13.2 Å². The molecule has 1 aromatic heterocycles. The van der Waals surface area contributed by atoms with Gasteiger partial charge in [-0.3, -0.25) is 4.90 Å². The number of pyridine rings is 1. The Kier molecular flexibility index (Phi) is 5.79. The van der Waals surface area contributed by atoms with Crippen molar-refractivity contribution >= 4 is 6.08 Å². The Morgan fingerprint density at radius 2 is 1.71 bits per heavy atom. The van der Waals surface area contributed by atoms with Crippen molar-refractivity contribution in [2.45, 2.75) is 45.3 Å². The first-order valence-electron chi connectivity index (χ1n) is 9.37. The lowest BCUT2D eigenvalue weighted by molar-refractivity contribution is -0.141. The Hall–Kier alpha value is -2.34. The van der Waals surface area contributed by atoms with Crippen LogP contribution in [0.5, 0.6) is 11.5 Å². The second-order valence-corrected chi connectivity index (χ2v) is 8.01. The van der Waals surface area contributed by atoms with Gasteiger partial charge in [0.15, 0.2) is 0 Å². The fourth-order valence-corrected chi connectivity index (χ4v) is 3.26. The quantitative estimate of drug-likeness (QED) is 0.627. The van der Waals surface area contributed by atoms with E-state index in [4.69, 9.17) is 4.74 Å². The third-order valence-corrected chi connectivity index (χ3v) is 4.85. The topological polar surface area (TPSA) is 25.4 Å². The molecular formula is C22H25F3N2O. The SMILES string of the molecule is CC(C)(C)N1CCC(=Cc2cccc(Oc3ccc(C(F)(F)F)nc3)c2)CC1. The molecule has 0 unspecified atom stereocenters. The van der Waals surface area contributed by atoms with Crippen LogP contribution in [0.2, 0.25) is 0 Å². The first-order valence-corrected chi connectivity index (χ1v) is 9.37. The van der Waals surface area contributed by atoms with Crippen molar-refractivity contribution in [3.05, 3.63) is 59.4 Å². The molecule has 0 saturated carbocycles. The predicted octanol–water partition coefficient (Wildman–Crippen LogP) is 6.17. The number of ether oxygens (including phenoxy) is 1. The van der Waals surface area contributed by atoms with E-state index in [-0.39, 0.29) is 11.3 Å². The molecule has 1 aliphatic heterocycles. The van der Waals surface area contributed by atoms with Crippen molar-refractivity contribution in [3.8, 4) is 11.5 Å². The summed E-state index contributed by atoms with van der Waals surface area (Å²) in [7, 11) is 0. The Bertz CT molecular complexity index is 826. The maximum Gasteiger partial charge on any atom is 0.433 e. The average molecular weight is 390 g/mol. The molecule has 1 saturated heterocycles. The smallest absolute Gasteiger partial charge is 0.433 e. The molecule has 0 bridgehead atoms. The van der Waals surface area contributed by atoms with E-state index in [1.165, 1.54) is 11.6 Å². The average Bonchev–Trinajstić information content (AvgIpc) is 2.61. The maximum atomic E-state index is 12.6. The minimum atomic E-state index is -4.45. The summed E-state index contributed by atoms with van der Waals surface area (Å²) in [4.78, 5) is 5.91. The third kappa shape index (κ3) is 5.35. The number of hydrogen-bond donors (Lipinski definition) is 0. The van der Waals surface area contributed by atoms with E-state index < -0.39 is 11.9 Å². The number of likely N-dealkylation sites (tertiary alicyclic amines) is 1. The van der Waals surface area contributed by atoms with E-state index in [1.54, 1.807) is 6.07 Å². The number of piperidine rings is 1. The Labute approximate surface area is 163 Å². The largest absolute Gasteiger partial charge is 0.456 e. The van der Waals surface area contributed by atoms with Crippen molar-refractivity contribution in [1.82, 2.24) is 9.88 Å². The zero-order valence-electron chi connectivity index (χ0n) is 16.4. The molecule has 1 aliphatic rings. The molecule has 6 heteroatoms. The molecule has 3 rings (SSSR count). The number of rotatable bonds is 3. The van der Waals surface area contributed by atoms with Crippen LogP contribution in [-0.4, -0.2) is 28.5 Å². The molecule has 0 spiro atoms. The molecule has 0 N–H and O–H groups in total. The molecule has 150 valence electrons. The fourth-order valence-electron chi connectivity index (χ4n) is 3.26. The number of hydrogen-bond acceptors (Lipinski definition) is 3. The van der Waals surface area contributed by atoms with Crippen LogP contribution in [0.1, 0.15) is 44.9 Å². The van der Waals surface area contributed by atoms with Gasteiger partial charge in [-0.2, -0.15) is 13.2 Å². The monoisotopic (exact) mass is 390 g/mol. The van der Waals surface area contributed by atoms with Crippen LogP contribution in [-0.2, 0) is 6.18 Å². The Morgan fingerprint density at radius 3 is 2.29 bits per heavy atom. The van der Waals surface area contributed by atoms with Crippen LogP contribution in [0.3, 0.4) is 0 Å². The molecular weight excluding hydrogens is 365 g/mol. The molecule has 2 aromatic rings. The van der Waals surface area contributed by atoms with E-state index in [1.807, 2.05) is 18.2 Å². The van der Waals surface area contributed by atoms with Gasteiger partial charge < -0.3 is 4.74 Å². The van der Waals surface area contributed by atoms with Gasteiger partial charge in [0.05, 0.1) is 6.20 Å². The lowest BCUT2D eigenvalue weighted by Crippen LogP contribution is -2.44. The number of aromatic nitrogens is 1. The van der Waals surface area contributed by atoms with Crippen molar-refractivity contribution in [2.24, 2.45) is 0 Å². The standard InChI is InChI=1S/C22H25F3N2O/c1-21(2,3)27-11-9-16(10-12-27)13-17-5-4-6-18(14-17)28-19-7-8-20(26-15-19)22(23,24)25/h4-8,13-15H,9-12H2,1-3H3. The summed E-state index contributed by atoms with van der Waals surface area (Å²) in [6, 6.07) is 9.75. The highest BCUT2D eigenvalue weighted by Crippen LogP contribution is 2.30. The lowest BCUT2D eigenvalue weighted by atomic mass is 9.96. The molecule has 3 nitrogen and oxygen atoms in total. The minimum Gasteiger partial charge on any atom is -0.456 e. The highest BCUT2D eigenvalue weighted by Gasteiger charge is 2.32. The summed E-state index contributed by atoms with van der Waals surface area (Å²) in [6.45, 7) is 8.79. The molecule has 0 radical (unpaired) electrons. The highest BCUT2D eigenvalue weighted by molar-refractivity contribution is 5.55. The third-order valence-electron chi connectivity index (χ3n) is 4.85. The van der Waals surface area contributed by atoms with Crippen molar-refractivity contribution in [3.63, 3.8) is 0 Å². The second kappa shape index (κ2) is 7.95. The van der Waals surface area contributed by atoms with Crippen LogP contribution in [0, 0.1) is 0 Å². The Morgan fingerprint density at radius 1 is 1.00 bits per heavy atom. The number of alkyl halides is 3. The normalized spacial score (nSPS) is 16.1. The zero-order valence-corrected chi connectivity index (χ0v) is 16.4. The van der Waals surface area contributed by atoms with Crippen LogP contribution >= 0.6 is 0 Å². The second-order valence-electron chi connectivity index (χ2n) is 8.01. The lowest BCUT2D eigenvalue weighted by Gasteiger charge is -2.39. The van der Waals surface area contributed by atoms with Gasteiger partial charge in [0.25, 0.3) is 0 Å². The summed E-state index contributed by atoms with van der Waals surface area (Å²) in [6.07, 6.45) is 0.887. The van der Waals surface area contributed by atoms with Gasteiger partial charge in [-0.25, -0.2) is 4.98 Å². The highest BCUT2D eigenvalue weighted by atomic mass is 19.4. The van der Waals surface area contributed by atoms with Crippen LogP contribution in [0.4, 0.5) is 13.2 Å². The molecule has 2 heterocycles. The van der Waals surface area contributed by atoms with Gasteiger partial charge >= 0.3 is 6.18 Å². The summed E-state index contributed by atoms with van der Waals surface area (Å²) in [5, 5.41) is 0. The summed E-state index contributed by atoms with van der Waals surface area (Å²) >= 11 is 0. The van der Waals surface area contributed by atoms with Gasteiger partial charge in [-0.05, 0) is 63.4 Å². The van der Waals surface area contributed by atoms with Gasteiger partial charge in [0.2, 0.25) is 0 Å². The first kappa shape index (κ1) is 20.4. The van der Waals surface area contributed by atoms with Crippen LogP contribution < -0.4 is 4.74 Å². The molecule has 0 aliphatic carbocycles. The van der Waals surface area contributed by atoms with Crippen LogP contribution in [0.15, 0.2) is 48.2 Å². The number of benzene rings is 1. The molecule has 28 heavy (non-hydrogen) atoms. The van der Waals surface area contributed by atoms with Crippen LogP contribution in [0.25, 0.3) is 6.08 Å². The minimum absolute atomic E-state index is 0.189. The first-order chi connectivity index (χ1) is 13.1. The van der Waals surface area contributed by atoms with E-state index >= 15 is 0 Å². The van der Waals surface area contributed by atoms with Gasteiger partial charge in [0.1, 0.15) is 17.2 Å². The fraction of sp³-hybridized carbons (Fsp3) is 0.409. The van der Waals surface area contributed by atoms with E-state index in [0.717, 1.165) is 43.8 Å². The van der Waals surface area contributed by atoms with E-state index in [0.29, 0.717) is 5.75 Å². The molecule has 0 amide bonds. The Balaban J connectivity index is 1.66. The maximum absolute atomic E-state index is 12.6. The summed E-state index contributed by atoms with van der Waals surface area (Å²) in [5.74, 6) is 0.847. The van der Waals surface area contributed by atoms with Gasteiger partial charge in [-0.15, -0.1) is 0 Å². The molecule has 0 atom stereocenters. The number of nitrogens with zero attached hydrogens (tertiary/aromatic N) is 2. The van der Waals surface area contributed by atoms with Gasteiger partial charge in [-0.1, -0.05) is 23.8 Å². The zero-order chi connectivity index (χ0) is 20.4. The summed E-state index contributed by atoms with van der Waals surface area (Å²) in [5.41, 5.74) is 1.68. The van der Waals surface area contributed by atoms with Gasteiger partial charge in [0, 0.05) is 18.6 Å². The van der Waals surface area contributed by atoms with Crippen molar-refractivity contribution in [2.75, 3.05) is 13.1 Å². The van der Waals surface area contributed by atoms with Crippen molar-refractivity contribution in [1.29, 1.82) is 0 Å². The van der Waals surface area contributed by atoms with E-state index in [2.05, 4.69) is 36.7 Å². The molecule has 1 aromatic carbocycles. The van der Waals surface area contributed by atoms with Crippen molar-refractivity contribution < 1.29 is 17.9 Å². The summed E-state index contributed by atoms with van der Waals surface area (Å²) < 4.78 is 43.5. The molecule has 1 fully saturated rings. The number of halogens is 3. The predicted molar refractivity (Wildman–Crippen MR) is 104 cm³/mol.